The standard InChI is InChI=1S/C17H25N/c1-2-18-13-17(10-6-7-11-17)16-12-15(16)14-8-4-3-5-9-14/h3-5,8-9,15-16,18H,2,6-7,10-13H2,1H3. The Morgan fingerprint density at radius 3 is 2.56 bits per heavy atom. The van der Waals surface area contributed by atoms with Gasteiger partial charge in [0.25, 0.3) is 0 Å². The monoisotopic (exact) mass is 243 g/mol. The van der Waals surface area contributed by atoms with E-state index in [9.17, 15) is 0 Å². The van der Waals surface area contributed by atoms with Gasteiger partial charge in [-0.2, -0.15) is 0 Å². The summed E-state index contributed by atoms with van der Waals surface area (Å²) in [7, 11) is 0. The highest BCUT2D eigenvalue weighted by Crippen LogP contribution is 2.62. The lowest BCUT2D eigenvalue weighted by Crippen LogP contribution is -2.34. The molecular formula is C17H25N. The average molecular weight is 243 g/mol. The highest BCUT2D eigenvalue weighted by atomic mass is 14.9. The summed E-state index contributed by atoms with van der Waals surface area (Å²) < 4.78 is 0. The van der Waals surface area contributed by atoms with E-state index in [-0.39, 0.29) is 0 Å². The fourth-order valence-corrected chi connectivity index (χ4v) is 4.07. The van der Waals surface area contributed by atoms with E-state index in [1.807, 2.05) is 0 Å². The first-order valence-electron chi connectivity index (χ1n) is 7.61. The van der Waals surface area contributed by atoms with Gasteiger partial charge in [-0.25, -0.2) is 0 Å². The van der Waals surface area contributed by atoms with E-state index in [4.69, 9.17) is 0 Å². The summed E-state index contributed by atoms with van der Waals surface area (Å²) in [5.41, 5.74) is 2.20. The van der Waals surface area contributed by atoms with Crippen molar-refractivity contribution in [3.63, 3.8) is 0 Å². The molecule has 2 atom stereocenters. The summed E-state index contributed by atoms with van der Waals surface area (Å²) in [4.78, 5) is 0. The molecule has 18 heavy (non-hydrogen) atoms. The number of hydrogen-bond donors (Lipinski definition) is 1. The van der Waals surface area contributed by atoms with Gasteiger partial charge >= 0.3 is 0 Å². The van der Waals surface area contributed by atoms with Gasteiger partial charge in [-0.1, -0.05) is 50.1 Å². The minimum atomic E-state index is 0.622. The molecule has 2 saturated carbocycles. The van der Waals surface area contributed by atoms with Crippen molar-refractivity contribution in [2.24, 2.45) is 11.3 Å². The van der Waals surface area contributed by atoms with Gasteiger partial charge in [0.05, 0.1) is 0 Å². The Morgan fingerprint density at radius 2 is 1.89 bits per heavy atom. The maximum absolute atomic E-state index is 3.62. The third-order valence-corrected chi connectivity index (χ3v) is 5.13. The van der Waals surface area contributed by atoms with Crippen LogP contribution in [0.1, 0.15) is 50.5 Å². The van der Waals surface area contributed by atoms with Crippen LogP contribution in [0.3, 0.4) is 0 Å². The Labute approximate surface area is 111 Å². The van der Waals surface area contributed by atoms with Crippen LogP contribution in [0.25, 0.3) is 0 Å². The van der Waals surface area contributed by atoms with Gasteiger partial charge in [0.1, 0.15) is 0 Å². The highest BCUT2D eigenvalue weighted by molar-refractivity contribution is 5.27. The van der Waals surface area contributed by atoms with Gasteiger partial charge in [0, 0.05) is 6.54 Å². The molecule has 2 aliphatic carbocycles. The molecule has 0 aliphatic heterocycles. The largest absolute Gasteiger partial charge is 0.316 e. The summed E-state index contributed by atoms with van der Waals surface area (Å²) in [6.45, 7) is 4.59. The van der Waals surface area contributed by atoms with Gasteiger partial charge in [-0.15, -0.1) is 0 Å². The lowest BCUT2D eigenvalue weighted by molar-refractivity contribution is 0.232. The summed E-state index contributed by atoms with van der Waals surface area (Å²) >= 11 is 0. The first-order valence-corrected chi connectivity index (χ1v) is 7.61. The van der Waals surface area contributed by atoms with Gasteiger partial charge in [-0.3, -0.25) is 0 Å². The molecule has 1 aromatic rings. The second-order valence-corrected chi connectivity index (χ2v) is 6.21. The van der Waals surface area contributed by atoms with Crippen molar-refractivity contribution in [3.05, 3.63) is 35.9 Å². The molecule has 2 fully saturated rings. The molecule has 98 valence electrons. The van der Waals surface area contributed by atoms with Crippen LogP contribution in [0.5, 0.6) is 0 Å². The second-order valence-electron chi connectivity index (χ2n) is 6.21. The molecule has 0 radical (unpaired) electrons. The number of rotatable bonds is 5. The minimum absolute atomic E-state index is 0.622. The van der Waals surface area contributed by atoms with E-state index in [1.54, 1.807) is 5.56 Å². The Morgan fingerprint density at radius 1 is 1.17 bits per heavy atom. The maximum Gasteiger partial charge on any atom is 0.00106 e. The summed E-state index contributed by atoms with van der Waals surface area (Å²) in [6, 6.07) is 11.2. The number of nitrogens with one attached hydrogen (secondary N) is 1. The summed E-state index contributed by atoms with van der Waals surface area (Å²) in [5, 5.41) is 3.62. The molecule has 0 aromatic heterocycles. The third kappa shape index (κ3) is 2.21. The molecule has 2 aliphatic rings. The van der Waals surface area contributed by atoms with Crippen LogP contribution >= 0.6 is 0 Å². The maximum atomic E-state index is 3.62. The van der Waals surface area contributed by atoms with E-state index in [1.165, 1.54) is 38.6 Å². The first-order chi connectivity index (χ1) is 8.86. The van der Waals surface area contributed by atoms with Crippen LogP contribution in [-0.4, -0.2) is 13.1 Å². The van der Waals surface area contributed by atoms with Gasteiger partial charge in [0.15, 0.2) is 0 Å². The zero-order chi connectivity index (χ0) is 12.4. The van der Waals surface area contributed by atoms with E-state index in [2.05, 4.69) is 42.6 Å². The van der Waals surface area contributed by atoms with Crippen molar-refractivity contribution in [1.29, 1.82) is 0 Å². The number of hydrogen-bond acceptors (Lipinski definition) is 1. The predicted molar refractivity (Wildman–Crippen MR) is 76.7 cm³/mol. The van der Waals surface area contributed by atoms with Crippen molar-refractivity contribution in [3.8, 4) is 0 Å². The molecule has 0 saturated heterocycles. The SMILES string of the molecule is CCNCC1(C2CC2c2ccccc2)CCCC1. The molecule has 3 rings (SSSR count). The fourth-order valence-electron chi connectivity index (χ4n) is 4.07. The van der Waals surface area contributed by atoms with Crippen LogP contribution in [0.15, 0.2) is 30.3 Å². The summed E-state index contributed by atoms with van der Waals surface area (Å²) in [5.74, 6) is 1.80. The van der Waals surface area contributed by atoms with Gasteiger partial charge < -0.3 is 5.32 Å². The average Bonchev–Trinajstić information content (AvgIpc) is 3.10. The molecule has 1 nitrogen and oxygen atoms in total. The molecule has 1 N–H and O–H groups in total. The van der Waals surface area contributed by atoms with Crippen molar-refractivity contribution >= 4 is 0 Å². The third-order valence-electron chi connectivity index (χ3n) is 5.13. The van der Waals surface area contributed by atoms with Crippen LogP contribution in [-0.2, 0) is 0 Å². The second kappa shape index (κ2) is 5.05. The molecule has 1 aromatic carbocycles. The predicted octanol–water partition coefficient (Wildman–Crippen LogP) is 3.96. The molecular weight excluding hydrogens is 218 g/mol. The van der Waals surface area contributed by atoms with Crippen molar-refractivity contribution in [2.75, 3.05) is 13.1 Å². The van der Waals surface area contributed by atoms with Crippen LogP contribution in [0, 0.1) is 11.3 Å². The van der Waals surface area contributed by atoms with Gasteiger partial charge in [-0.05, 0) is 48.6 Å². The van der Waals surface area contributed by atoms with Crippen molar-refractivity contribution < 1.29 is 0 Å². The first kappa shape index (κ1) is 12.2. The van der Waals surface area contributed by atoms with E-state index >= 15 is 0 Å². The number of benzene rings is 1. The Hall–Kier alpha value is -0.820. The zero-order valence-electron chi connectivity index (χ0n) is 11.5. The van der Waals surface area contributed by atoms with Crippen LogP contribution < -0.4 is 5.32 Å². The lowest BCUT2D eigenvalue weighted by atomic mass is 9.79. The molecule has 0 bridgehead atoms. The smallest absolute Gasteiger partial charge is 0.00106 e. The molecule has 2 unspecified atom stereocenters. The van der Waals surface area contributed by atoms with Crippen LogP contribution in [0.2, 0.25) is 0 Å². The van der Waals surface area contributed by atoms with Crippen molar-refractivity contribution in [1.82, 2.24) is 5.32 Å². The van der Waals surface area contributed by atoms with Gasteiger partial charge in [0.2, 0.25) is 0 Å². The lowest BCUT2D eigenvalue weighted by Gasteiger charge is -2.30. The van der Waals surface area contributed by atoms with Crippen LogP contribution in [0.4, 0.5) is 0 Å². The van der Waals surface area contributed by atoms with E-state index in [0.29, 0.717) is 5.41 Å². The minimum Gasteiger partial charge on any atom is -0.316 e. The summed E-state index contributed by atoms with van der Waals surface area (Å²) in [6.07, 6.45) is 7.23. The molecule has 0 spiro atoms. The Balaban J connectivity index is 1.71. The topological polar surface area (TPSA) is 12.0 Å². The molecule has 1 heteroatoms. The zero-order valence-corrected chi connectivity index (χ0v) is 11.5. The Kier molecular flexibility index (Phi) is 3.43. The molecule has 0 amide bonds. The van der Waals surface area contributed by atoms with E-state index in [0.717, 1.165) is 18.4 Å². The quantitative estimate of drug-likeness (QED) is 0.825. The van der Waals surface area contributed by atoms with Crippen molar-refractivity contribution in [2.45, 2.75) is 44.9 Å². The van der Waals surface area contributed by atoms with E-state index < -0.39 is 0 Å². The molecule has 0 heterocycles. The Bertz CT molecular complexity index is 378. The fraction of sp³-hybridized carbons (Fsp3) is 0.647. The normalized spacial score (nSPS) is 29.4. The highest BCUT2D eigenvalue weighted by Gasteiger charge is 2.53.